The van der Waals surface area contributed by atoms with Crippen molar-refractivity contribution in [1.29, 1.82) is 0 Å². The zero-order valence-corrected chi connectivity index (χ0v) is 22.6. The Hall–Kier alpha value is -2.51. The Kier molecular flexibility index (Phi) is 11.1. The second kappa shape index (κ2) is 14.3. The third kappa shape index (κ3) is 7.74. The van der Waals surface area contributed by atoms with Gasteiger partial charge in [0.2, 0.25) is 10.0 Å². The molecule has 0 bridgehead atoms. The highest BCUT2D eigenvalue weighted by molar-refractivity contribution is 7.89. The Balaban J connectivity index is 1.63. The van der Waals surface area contributed by atoms with E-state index in [1.165, 1.54) is 42.5 Å². The van der Waals surface area contributed by atoms with Gasteiger partial charge in [-0.1, -0.05) is 69.6 Å². The number of aryl methyl sites for hydroxylation is 1. The molecule has 0 spiro atoms. The van der Waals surface area contributed by atoms with Gasteiger partial charge in [0.1, 0.15) is 11.5 Å². The first-order valence-corrected chi connectivity index (χ1v) is 14.7. The van der Waals surface area contributed by atoms with E-state index in [1.54, 1.807) is 44.7 Å². The molecule has 1 aromatic heterocycles. The summed E-state index contributed by atoms with van der Waals surface area (Å²) in [6, 6.07) is 12.7. The highest BCUT2D eigenvalue weighted by Crippen LogP contribution is 2.33. The predicted octanol–water partition coefficient (Wildman–Crippen LogP) is 6.47. The molecule has 198 valence electrons. The summed E-state index contributed by atoms with van der Waals surface area (Å²) < 4.78 is 39.1. The van der Waals surface area contributed by atoms with Crippen molar-refractivity contribution in [3.05, 3.63) is 59.8 Å². The Morgan fingerprint density at radius 3 is 1.97 bits per heavy atom. The summed E-state index contributed by atoms with van der Waals surface area (Å²) in [5.74, 6) is 1.33. The molecule has 0 atom stereocenters. The van der Waals surface area contributed by atoms with Crippen LogP contribution in [0.3, 0.4) is 0 Å². The average Bonchev–Trinajstić information content (AvgIpc) is 3.27. The summed E-state index contributed by atoms with van der Waals surface area (Å²) in [6.45, 7) is 0.305. The fourth-order valence-corrected chi connectivity index (χ4v) is 6.23. The quantitative estimate of drug-likeness (QED) is 0.208. The summed E-state index contributed by atoms with van der Waals surface area (Å²) in [6.07, 6.45) is 14.2. The lowest BCUT2D eigenvalue weighted by atomic mass is 10.0. The number of methoxy groups -OCH3 is 2. The van der Waals surface area contributed by atoms with Gasteiger partial charge in [-0.25, -0.2) is 12.4 Å². The number of hydrogen-bond donors (Lipinski definition) is 1. The third-order valence-corrected chi connectivity index (χ3v) is 8.32. The van der Waals surface area contributed by atoms with Gasteiger partial charge < -0.3 is 14.6 Å². The Morgan fingerprint density at radius 2 is 1.39 bits per heavy atom. The molecule has 3 rings (SSSR count). The molecule has 6 nitrogen and oxygen atoms in total. The molecule has 2 aromatic carbocycles. The van der Waals surface area contributed by atoms with E-state index in [0.29, 0.717) is 23.6 Å². The number of benzene rings is 2. The number of ether oxygens (including phenoxy) is 2. The van der Waals surface area contributed by atoms with E-state index in [0.717, 1.165) is 48.6 Å². The first kappa shape index (κ1) is 28.1. The van der Waals surface area contributed by atoms with Crippen molar-refractivity contribution >= 4 is 20.9 Å². The standard InChI is InChI=1S/C29H41NO5S/c1-34-26-19-17-24(18-20-26)23-36(32,33)30-22-25(29-27(30)15-13-16-28(29)35-2)14-11-9-7-5-3-4-6-8-10-12-21-31/h13,15-20,22,31H,3-12,14,21,23H2,1-2H3. The van der Waals surface area contributed by atoms with Crippen LogP contribution in [-0.4, -0.2) is 38.3 Å². The second-order valence-corrected chi connectivity index (χ2v) is 11.3. The highest BCUT2D eigenvalue weighted by atomic mass is 32.2. The molecule has 0 aliphatic carbocycles. The Labute approximate surface area is 216 Å². The minimum atomic E-state index is -3.61. The van der Waals surface area contributed by atoms with Crippen LogP contribution in [0.5, 0.6) is 11.5 Å². The van der Waals surface area contributed by atoms with Crippen molar-refractivity contribution in [2.24, 2.45) is 0 Å². The first-order valence-electron chi connectivity index (χ1n) is 13.1. The molecule has 1 heterocycles. The molecule has 0 saturated carbocycles. The Morgan fingerprint density at radius 1 is 0.778 bits per heavy atom. The molecule has 0 saturated heterocycles. The van der Waals surface area contributed by atoms with E-state index in [2.05, 4.69) is 0 Å². The van der Waals surface area contributed by atoms with Crippen LogP contribution in [0.25, 0.3) is 10.9 Å². The van der Waals surface area contributed by atoms with Crippen LogP contribution in [-0.2, 0) is 22.2 Å². The molecule has 0 amide bonds. The van der Waals surface area contributed by atoms with Crippen LogP contribution in [0.15, 0.2) is 48.7 Å². The van der Waals surface area contributed by atoms with Crippen molar-refractivity contribution in [1.82, 2.24) is 3.97 Å². The lowest BCUT2D eigenvalue weighted by Crippen LogP contribution is -2.14. The maximum Gasteiger partial charge on any atom is 0.243 e. The van der Waals surface area contributed by atoms with Gasteiger partial charge in [0.05, 0.1) is 25.5 Å². The zero-order valence-electron chi connectivity index (χ0n) is 21.7. The predicted molar refractivity (Wildman–Crippen MR) is 146 cm³/mol. The largest absolute Gasteiger partial charge is 0.497 e. The van der Waals surface area contributed by atoms with Crippen LogP contribution < -0.4 is 9.47 Å². The molecular weight excluding hydrogens is 474 g/mol. The minimum absolute atomic E-state index is 0.0859. The van der Waals surface area contributed by atoms with Crippen LogP contribution >= 0.6 is 0 Å². The lowest BCUT2D eigenvalue weighted by Gasteiger charge is -2.09. The number of aliphatic hydroxyl groups excluding tert-OH is 1. The maximum atomic E-state index is 13.4. The van der Waals surface area contributed by atoms with Gasteiger partial charge in [-0.15, -0.1) is 0 Å². The molecule has 0 aliphatic heterocycles. The number of aromatic nitrogens is 1. The van der Waals surface area contributed by atoms with Gasteiger partial charge in [0.25, 0.3) is 0 Å². The van der Waals surface area contributed by atoms with Crippen molar-refractivity contribution < 1.29 is 23.0 Å². The summed E-state index contributed by atoms with van der Waals surface area (Å²) in [7, 11) is -0.388. The number of rotatable bonds is 17. The molecule has 0 fully saturated rings. The average molecular weight is 516 g/mol. The molecule has 0 aliphatic rings. The normalized spacial score (nSPS) is 11.8. The SMILES string of the molecule is COc1ccc(CS(=O)(=O)n2cc(CCCCCCCCCCCCO)c3c(OC)cccc32)cc1. The molecule has 1 N–H and O–H groups in total. The fraction of sp³-hybridized carbons (Fsp3) is 0.517. The number of aliphatic hydroxyl groups is 1. The lowest BCUT2D eigenvalue weighted by molar-refractivity contribution is 0.282. The Bertz CT molecular complexity index is 1170. The monoisotopic (exact) mass is 515 g/mol. The molecule has 0 radical (unpaired) electrons. The van der Waals surface area contributed by atoms with E-state index in [9.17, 15) is 8.42 Å². The van der Waals surface area contributed by atoms with E-state index < -0.39 is 10.0 Å². The summed E-state index contributed by atoms with van der Waals surface area (Å²) in [5, 5.41) is 9.72. The zero-order chi connectivity index (χ0) is 25.8. The van der Waals surface area contributed by atoms with Gasteiger partial charge in [0, 0.05) is 18.2 Å². The van der Waals surface area contributed by atoms with Crippen molar-refractivity contribution in [3.63, 3.8) is 0 Å². The highest BCUT2D eigenvalue weighted by Gasteiger charge is 2.21. The van der Waals surface area contributed by atoms with Gasteiger partial charge >= 0.3 is 0 Å². The smallest absolute Gasteiger partial charge is 0.243 e. The summed E-state index contributed by atoms with van der Waals surface area (Å²) in [5.41, 5.74) is 2.40. The summed E-state index contributed by atoms with van der Waals surface area (Å²) in [4.78, 5) is 0. The molecular formula is C29H41NO5S. The van der Waals surface area contributed by atoms with Crippen LogP contribution in [0.4, 0.5) is 0 Å². The fourth-order valence-electron chi connectivity index (χ4n) is 4.73. The van der Waals surface area contributed by atoms with Gasteiger partial charge in [0.15, 0.2) is 0 Å². The summed E-state index contributed by atoms with van der Waals surface area (Å²) >= 11 is 0. The molecule has 3 aromatic rings. The second-order valence-electron chi connectivity index (χ2n) is 9.42. The third-order valence-electron chi connectivity index (χ3n) is 6.72. The molecule has 0 unspecified atom stereocenters. The van der Waals surface area contributed by atoms with Crippen LogP contribution in [0, 0.1) is 0 Å². The minimum Gasteiger partial charge on any atom is -0.497 e. The number of unbranched alkanes of at least 4 members (excludes halogenated alkanes) is 9. The van der Waals surface area contributed by atoms with Gasteiger partial charge in [-0.3, -0.25) is 0 Å². The topological polar surface area (TPSA) is 77.8 Å². The number of nitrogens with zero attached hydrogens (tertiary/aromatic N) is 1. The maximum absolute atomic E-state index is 13.4. The van der Waals surface area contributed by atoms with Gasteiger partial charge in [-0.05, 0) is 54.7 Å². The van der Waals surface area contributed by atoms with Crippen molar-refractivity contribution in [2.75, 3.05) is 20.8 Å². The molecule has 36 heavy (non-hydrogen) atoms. The van der Waals surface area contributed by atoms with Crippen molar-refractivity contribution in [2.45, 2.75) is 76.4 Å². The van der Waals surface area contributed by atoms with Gasteiger partial charge in [-0.2, -0.15) is 0 Å². The van der Waals surface area contributed by atoms with Crippen LogP contribution in [0.2, 0.25) is 0 Å². The number of fused-ring (bicyclic) bond motifs is 1. The van der Waals surface area contributed by atoms with E-state index in [4.69, 9.17) is 14.6 Å². The van der Waals surface area contributed by atoms with Crippen LogP contribution in [0.1, 0.15) is 75.3 Å². The van der Waals surface area contributed by atoms with E-state index >= 15 is 0 Å². The molecule has 7 heteroatoms. The first-order chi connectivity index (χ1) is 17.5. The number of hydrogen-bond acceptors (Lipinski definition) is 5. The van der Waals surface area contributed by atoms with E-state index in [-0.39, 0.29) is 5.75 Å². The van der Waals surface area contributed by atoms with Crippen molar-refractivity contribution in [3.8, 4) is 11.5 Å². The van der Waals surface area contributed by atoms with E-state index in [1.807, 2.05) is 18.2 Å².